The van der Waals surface area contributed by atoms with Crippen LogP contribution in [0.25, 0.3) is 65.3 Å². The minimum Gasteiger partial charge on any atom is -0.0654 e. The molecule has 0 bridgehead atoms. The molecule has 0 nitrogen and oxygen atoms in total. The maximum absolute atomic E-state index is 2.65. The van der Waals surface area contributed by atoms with Crippen LogP contribution in [0, 0.1) is 0 Å². The third-order valence-electron chi connectivity index (χ3n) is 10.1. The van der Waals surface area contributed by atoms with Crippen LogP contribution in [0.15, 0.2) is 115 Å². The second-order valence-electron chi connectivity index (χ2n) is 13.1. The summed E-state index contributed by atoms with van der Waals surface area (Å²) in [6.45, 7) is 7.03. The van der Waals surface area contributed by atoms with E-state index in [9.17, 15) is 0 Å². The molecule has 0 saturated heterocycles. The zero-order chi connectivity index (χ0) is 31.5. The summed E-state index contributed by atoms with van der Waals surface area (Å²) in [5.41, 5.74) is 10.5. The molecular formula is C46H46. The van der Waals surface area contributed by atoms with Crippen molar-refractivity contribution in [3.8, 4) is 22.3 Å². The van der Waals surface area contributed by atoms with Crippen LogP contribution in [-0.2, 0) is 19.3 Å². The Bertz CT molecular complexity index is 1910. The standard InChI is InChI=1S/C46H46/c1-4-7-22-40-41(23-8-5-2)43(45-36-25-14-10-18-32(36)29-33-19-11-15-26-37(33)45)31-44(42(40)24-9-6-3)46-38-27-16-12-20-34(38)30-35-21-13-17-28-39(35)46/h10-21,25-31H,4-9,22-24H2,1-3H3. The minimum atomic E-state index is 1.12. The molecule has 0 heteroatoms. The number of hydrogen-bond donors (Lipinski definition) is 0. The SMILES string of the molecule is CCCCc1c(-c2c3ccccc3cc3ccccc23)cc(-c2c3ccccc3cc3ccccc23)c(CCCC)c1CCCC. The van der Waals surface area contributed by atoms with Gasteiger partial charge in [0.2, 0.25) is 0 Å². The molecule has 0 radical (unpaired) electrons. The van der Waals surface area contributed by atoms with Gasteiger partial charge in [-0.25, -0.2) is 0 Å². The molecule has 230 valence electrons. The Labute approximate surface area is 275 Å². The molecule has 0 amide bonds. The van der Waals surface area contributed by atoms with Crippen LogP contribution in [-0.4, -0.2) is 0 Å². The van der Waals surface area contributed by atoms with Gasteiger partial charge in [0.25, 0.3) is 0 Å². The molecule has 7 rings (SSSR count). The molecular weight excluding hydrogens is 553 g/mol. The molecule has 0 N–H and O–H groups in total. The monoisotopic (exact) mass is 598 g/mol. The Hall–Kier alpha value is -4.42. The van der Waals surface area contributed by atoms with Gasteiger partial charge in [-0.05, 0) is 139 Å². The van der Waals surface area contributed by atoms with Crippen LogP contribution in [0.4, 0.5) is 0 Å². The second-order valence-corrected chi connectivity index (χ2v) is 13.1. The predicted octanol–water partition coefficient (Wildman–Crippen LogP) is 13.7. The Morgan fingerprint density at radius 1 is 0.348 bits per heavy atom. The molecule has 0 heterocycles. The van der Waals surface area contributed by atoms with E-state index in [-0.39, 0.29) is 0 Å². The molecule has 0 atom stereocenters. The van der Waals surface area contributed by atoms with E-state index < -0.39 is 0 Å². The first-order valence-electron chi connectivity index (χ1n) is 17.7. The predicted molar refractivity (Wildman–Crippen MR) is 203 cm³/mol. The second kappa shape index (κ2) is 13.5. The zero-order valence-corrected chi connectivity index (χ0v) is 27.8. The van der Waals surface area contributed by atoms with Crippen molar-refractivity contribution in [3.05, 3.63) is 132 Å². The third-order valence-corrected chi connectivity index (χ3v) is 10.1. The lowest BCUT2D eigenvalue weighted by Crippen LogP contribution is -2.07. The highest BCUT2D eigenvalue weighted by Crippen LogP contribution is 2.46. The van der Waals surface area contributed by atoms with Gasteiger partial charge in [0, 0.05) is 0 Å². The van der Waals surface area contributed by atoms with Crippen LogP contribution in [0.5, 0.6) is 0 Å². The Balaban J connectivity index is 1.69. The quantitative estimate of drug-likeness (QED) is 0.130. The molecule has 0 saturated carbocycles. The smallest absolute Gasteiger partial charge is 0.00237 e. The lowest BCUT2D eigenvalue weighted by molar-refractivity contribution is 0.737. The molecule has 7 aromatic rings. The van der Waals surface area contributed by atoms with Crippen molar-refractivity contribution >= 4 is 43.1 Å². The highest BCUT2D eigenvalue weighted by atomic mass is 14.3. The molecule has 0 fully saturated rings. The van der Waals surface area contributed by atoms with E-state index in [0.717, 1.165) is 19.3 Å². The molecule has 0 spiro atoms. The first-order valence-corrected chi connectivity index (χ1v) is 17.7. The molecule has 0 aromatic heterocycles. The molecule has 0 unspecified atom stereocenters. The van der Waals surface area contributed by atoms with E-state index in [2.05, 4.69) is 136 Å². The van der Waals surface area contributed by atoms with Crippen molar-refractivity contribution in [2.24, 2.45) is 0 Å². The lowest BCUT2D eigenvalue weighted by Gasteiger charge is -2.26. The van der Waals surface area contributed by atoms with Crippen molar-refractivity contribution in [1.29, 1.82) is 0 Å². The van der Waals surface area contributed by atoms with Gasteiger partial charge < -0.3 is 0 Å². The highest BCUT2D eigenvalue weighted by Gasteiger charge is 2.24. The van der Waals surface area contributed by atoms with Gasteiger partial charge in [0.15, 0.2) is 0 Å². The maximum Gasteiger partial charge on any atom is -0.00237 e. The molecule has 0 aliphatic carbocycles. The van der Waals surface area contributed by atoms with Crippen LogP contribution in [0.1, 0.15) is 76.0 Å². The fourth-order valence-electron chi connectivity index (χ4n) is 7.81. The average Bonchev–Trinajstić information content (AvgIpc) is 3.10. The average molecular weight is 599 g/mol. The fraction of sp³-hybridized carbons (Fsp3) is 0.261. The van der Waals surface area contributed by atoms with Crippen molar-refractivity contribution in [2.75, 3.05) is 0 Å². The Kier molecular flexibility index (Phi) is 8.89. The highest BCUT2D eigenvalue weighted by molar-refractivity contribution is 6.16. The third kappa shape index (κ3) is 5.49. The lowest BCUT2D eigenvalue weighted by atomic mass is 9.78. The van der Waals surface area contributed by atoms with E-state index >= 15 is 0 Å². The van der Waals surface area contributed by atoms with Gasteiger partial charge >= 0.3 is 0 Å². The summed E-state index contributed by atoms with van der Waals surface area (Å²) in [5.74, 6) is 0. The van der Waals surface area contributed by atoms with E-state index in [4.69, 9.17) is 0 Å². The zero-order valence-electron chi connectivity index (χ0n) is 27.8. The number of rotatable bonds is 11. The number of unbranched alkanes of at least 4 members (excludes halogenated alkanes) is 3. The summed E-state index contributed by atoms with van der Waals surface area (Å²) in [7, 11) is 0. The largest absolute Gasteiger partial charge is 0.0654 e. The van der Waals surface area contributed by atoms with E-state index in [1.54, 1.807) is 16.7 Å². The van der Waals surface area contributed by atoms with E-state index in [1.807, 2.05) is 0 Å². The van der Waals surface area contributed by atoms with Crippen LogP contribution in [0.2, 0.25) is 0 Å². The van der Waals surface area contributed by atoms with E-state index in [0.29, 0.717) is 0 Å². The van der Waals surface area contributed by atoms with Crippen LogP contribution < -0.4 is 0 Å². The Morgan fingerprint density at radius 3 is 0.978 bits per heavy atom. The summed E-state index contributed by atoms with van der Waals surface area (Å²) in [5, 5.41) is 10.7. The number of hydrogen-bond acceptors (Lipinski definition) is 0. The molecule has 46 heavy (non-hydrogen) atoms. The minimum absolute atomic E-state index is 1.12. The summed E-state index contributed by atoms with van der Waals surface area (Å²) in [6.07, 6.45) is 10.6. The topological polar surface area (TPSA) is 0 Å². The number of benzene rings is 7. The summed E-state index contributed by atoms with van der Waals surface area (Å²) in [4.78, 5) is 0. The van der Waals surface area contributed by atoms with Crippen LogP contribution in [0.3, 0.4) is 0 Å². The van der Waals surface area contributed by atoms with Crippen molar-refractivity contribution < 1.29 is 0 Å². The van der Waals surface area contributed by atoms with Crippen molar-refractivity contribution in [1.82, 2.24) is 0 Å². The fourth-order valence-corrected chi connectivity index (χ4v) is 7.81. The normalized spacial score (nSPS) is 11.7. The van der Waals surface area contributed by atoms with Gasteiger partial charge in [-0.3, -0.25) is 0 Å². The maximum atomic E-state index is 2.65. The van der Waals surface area contributed by atoms with Crippen LogP contribution >= 0.6 is 0 Å². The van der Waals surface area contributed by atoms with E-state index in [1.165, 1.54) is 104 Å². The summed E-state index contributed by atoms with van der Waals surface area (Å²) >= 11 is 0. The molecule has 0 aliphatic rings. The van der Waals surface area contributed by atoms with Gasteiger partial charge in [-0.2, -0.15) is 0 Å². The first kappa shape index (κ1) is 30.2. The number of fused-ring (bicyclic) bond motifs is 4. The first-order chi connectivity index (χ1) is 22.7. The van der Waals surface area contributed by atoms with Gasteiger partial charge in [0.1, 0.15) is 0 Å². The van der Waals surface area contributed by atoms with Gasteiger partial charge in [0.05, 0.1) is 0 Å². The van der Waals surface area contributed by atoms with Crippen molar-refractivity contribution in [3.63, 3.8) is 0 Å². The molecule has 0 aliphatic heterocycles. The van der Waals surface area contributed by atoms with Gasteiger partial charge in [-0.15, -0.1) is 0 Å². The Morgan fingerprint density at radius 2 is 0.652 bits per heavy atom. The van der Waals surface area contributed by atoms with Crippen molar-refractivity contribution in [2.45, 2.75) is 78.6 Å². The summed E-state index contributed by atoms with van der Waals surface area (Å²) < 4.78 is 0. The molecule has 7 aromatic carbocycles. The van der Waals surface area contributed by atoms with Gasteiger partial charge in [-0.1, -0.05) is 137 Å². The summed E-state index contributed by atoms with van der Waals surface area (Å²) in [6, 6.07) is 43.6.